The summed E-state index contributed by atoms with van der Waals surface area (Å²) in [7, 11) is 0. The fraction of sp³-hybridized carbons (Fsp3) is 1.00. The summed E-state index contributed by atoms with van der Waals surface area (Å²) in [6.45, 7) is 5.27. The van der Waals surface area contributed by atoms with Crippen molar-refractivity contribution in [1.82, 2.24) is 0 Å². The van der Waals surface area contributed by atoms with E-state index in [9.17, 15) is 5.11 Å². The van der Waals surface area contributed by atoms with Crippen LogP contribution in [0.3, 0.4) is 0 Å². The lowest BCUT2D eigenvalue weighted by atomic mass is 9.89. The molecule has 1 aliphatic heterocycles. The van der Waals surface area contributed by atoms with Crippen LogP contribution >= 0.6 is 0 Å². The second kappa shape index (κ2) is 3.00. The van der Waals surface area contributed by atoms with Gasteiger partial charge in [-0.1, -0.05) is 20.3 Å². The van der Waals surface area contributed by atoms with Gasteiger partial charge >= 0.3 is 0 Å². The number of aliphatic hydroxyl groups is 1. The van der Waals surface area contributed by atoms with E-state index >= 15 is 0 Å². The fourth-order valence-corrected chi connectivity index (χ4v) is 3.08. The van der Waals surface area contributed by atoms with Crippen molar-refractivity contribution in [2.75, 3.05) is 6.61 Å². The van der Waals surface area contributed by atoms with Crippen molar-refractivity contribution >= 4 is 0 Å². The van der Waals surface area contributed by atoms with Crippen molar-refractivity contribution in [3.05, 3.63) is 0 Å². The summed E-state index contributed by atoms with van der Waals surface area (Å²) in [5.41, 5.74) is 0. The van der Waals surface area contributed by atoms with Crippen LogP contribution in [0.15, 0.2) is 0 Å². The lowest BCUT2D eigenvalue weighted by Gasteiger charge is -2.16. The van der Waals surface area contributed by atoms with Crippen LogP contribution in [-0.4, -0.2) is 18.0 Å². The lowest BCUT2D eigenvalue weighted by Crippen LogP contribution is -2.21. The van der Waals surface area contributed by atoms with E-state index in [1.54, 1.807) is 0 Å². The Hall–Kier alpha value is -0.0800. The molecule has 2 heteroatoms. The summed E-state index contributed by atoms with van der Waals surface area (Å²) in [5.74, 6) is 2.51. The summed E-state index contributed by atoms with van der Waals surface area (Å²) in [6.07, 6.45) is 2.05. The maximum Gasteiger partial charge on any atom is 0.157 e. The number of ether oxygens (including phenoxy) is 1. The molecule has 2 nitrogen and oxygen atoms in total. The van der Waals surface area contributed by atoms with Gasteiger partial charge in [0.15, 0.2) is 6.29 Å². The van der Waals surface area contributed by atoms with Crippen LogP contribution in [0.1, 0.15) is 26.7 Å². The van der Waals surface area contributed by atoms with Crippen LogP contribution in [0, 0.1) is 23.7 Å². The first-order chi connectivity index (χ1) is 5.74. The van der Waals surface area contributed by atoms with Gasteiger partial charge in [0.1, 0.15) is 0 Å². The molecule has 0 aromatic heterocycles. The highest BCUT2D eigenvalue weighted by Gasteiger charge is 2.48. The van der Waals surface area contributed by atoms with Gasteiger partial charge in [0.05, 0.1) is 6.61 Å². The molecule has 0 radical (unpaired) electrons. The van der Waals surface area contributed by atoms with Gasteiger partial charge < -0.3 is 9.84 Å². The quantitative estimate of drug-likeness (QED) is 0.648. The standard InChI is InChI=1S/C10H18O2/c1-3-7-4-6(2)9-8(7)5-12-10(9)11/h6-11H,3-5H2,1-2H3. The second-order valence-corrected chi connectivity index (χ2v) is 4.35. The first kappa shape index (κ1) is 8.52. The van der Waals surface area contributed by atoms with E-state index in [0.717, 1.165) is 12.5 Å². The van der Waals surface area contributed by atoms with Crippen LogP contribution < -0.4 is 0 Å². The molecular weight excluding hydrogens is 152 g/mol. The van der Waals surface area contributed by atoms with Crippen LogP contribution in [0.25, 0.3) is 0 Å². The highest BCUT2D eigenvalue weighted by atomic mass is 16.6. The van der Waals surface area contributed by atoms with Crippen LogP contribution in [0.2, 0.25) is 0 Å². The molecule has 5 unspecified atom stereocenters. The molecule has 0 bridgehead atoms. The Kier molecular flexibility index (Phi) is 2.13. The summed E-state index contributed by atoms with van der Waals surface area (Å²) >= 11 is 0. The van der Waals surface area contributed by atoms with Crippen LogP contribution in [0.5, 0.6) is 0 Å². The molecule has 70 valence electrons. The molecule has 0 amide bonds. The molecule has 1 aliphatic carbocycles. The monoisotopic (exact) mass is 170 g/mol. The lowest BCUT2D eigenvalue weighted by molar-refractivity contribution is -0.0910. The normalized spacial score (nSPS) is 52.8. The van der Waals surface area contributed by atoms with Gasteiger partial charge in [0, 0.05) is 5.92 Å². The van der Waals surface area contributed by atoms with Gasteiger partial charge in [0.25, 0.3) is 0 Å². The van der Waals surface area contributed by atoms with E-state index in [2.05, 4.69) is 13.8 Å². The van der Waals surface area contributed by atoms with Crippen molar-refractivity contribution in [1.29, 1.82) is 0 Å². The Morgan fingerprint density at radius 3 is 2.92 bits per heavy atom. The third kappa shape index (κ3) is 1.09. The average molecular weight is 170 g/mol. The third-order valence-corrected chi connectivity index (χ3v) is 3.74. The summed E-state index contributed by atoms with van der Waals surface area (Å²) in [6, 6.07) is 0. The smallest absolute Gasteiger partial charge is 0.157 e. The van der Waals surface area contributed by atoms with Gasteiger partial charge in [-0.05, 0) is 24.2 Å². The Bertz CT molecular complexity index is 169. The number of aliphatic hydroxyl groups excluding tert-OH is 1. The molecular formula is C10H18O2. The van der Waals surface area contributed by atoms with Crippen molar-refractivity contribution in [2.45, 2.75) is 33.0 Å². The van der Waals surface area contributed by atoms with Crippen molar-refractivity contribution in [3.63, 3.8) is 0 Å². The van der Waals surface area contributed by atoms with Crippen molar-refractivity contribution in [3.8, 4) is 0 Å². The fourth-order valence-electron chi connectivity index (χ4n) is 3.08. The predicted octanol–water partition coefficient (Wildman–Crippen LogP) is 1.63. The zero-order chi connectivity index (χ0) is 8.72. The zero-order valence-corrected chi connectivity index (χ0v) is 7.86. The number of hydrogen-bond donors (Lipinski definition) is 1. The highest BCUT2D eigenvalue weighted by Crippen LogP contribution is 2.48. The molecule has 1 heterocycles. The van der Waals surface area contributed by atoms with Gasteiger partial charge in [-0.3, -0.25) is 0 Å². The Labute approximate surface area is 73.9 Å². The largest absolute Gasteiger partial charge is 0.368 e. The molecule has 5 atom stereocenters. The molecule has 1 saturated carbocycles. The SMILES string of the molecule is CCC1CC(C)C2C(O)OCC12. The Balaban J connectivity index is 2.11. The van der Waals surface area contributed by atoms with Crippen molar-refractivity contribution < 1.29 is 9.84 Å². The molecule has 0 aromatic carbocycles. The minimum atomic E-state index is -0.471. The molecule has 2 fully saturated rings. The molecule has 1 saturated heterocycles. The second-order valence-electron chi connectivity index (χ2n) is 4.35. The number of rotatable bonds is 1. The maximum absolute atomic E-state index is 9.56. The van der Waals surface area contributed by atoms with Crippen LogP contribution in [-0.2, 0) is 4.74 Å². The Morgan fingerprint density at radius 2 is 2.25 bits per heavy atom. The first-order valence-electron chi connectivity index (χ1n) is 5.03. The van der Waals surface area contributed by atoms with E-state index in [1.807, 2.05) is 0 Å². The zero-order valence-electron chi connectivity index (χ0n) is 7.86. The minimum Gasteiger partial charge on any atom is -0.368 e. The van der Waals surface area contributed by atoms with E-state index in [1.165, 1.54) is 12.8 Å². The van der Waals surface area contributed by atoms with Gasteiger partial charge in [0.2, 0.25) is 0 Å². The third-order valence-electron chi connectivity index (χ3n) is 3.74. The molecule has 2 aliphatic rings. The summed E-state index contributed by atoms with van der Waals surface area (Å²) in [5, 5.41) is 9.56. The average Bonchev–Trinajstić information content (AvgIpc) is 2.55. The predicted molar refractivity (Wildman–Crippen MR) is 46.5 cm³/mol. The summed E-state index contributed by atoms with van der Waals surface area (Å²) in [4.78, 5) is 0. The van der Waals surface area contributed by atoms with E-state index in [-0.39, 0.29) is 0 Å². The highest BCUT2D eigenvalue weighted by molar-refractivity contribution is 4.93. The topological polar surface area (TPSA) is 29.5 Å². The van der Waals surface area contributed by atoms with E-state index < -0.39 is 6.29 Å². The van der Waals surface area contributed by atoms with Gasteiger partial charge in [-0.25, -0.2) is 0 Å². The maximum atomic E-state index is 9.56. The molecule has 12 heavy (non-hydrogen) atoms. The van der Waals surface area contributed by atoms with Gasteiger partial charge in [-0.15, -0.1) is 0 Å². The van der Waals surface area contributed by atoms with Gasteiger partial charge in [-0.2, -0.15) is 0 Å². The number of fused-ring (bicyclic) bond motifs is 1. The molecule has 0 spiro atoms. The van der Waals surface area contributed by atoms with Crippen LogP contribution in [0.4, 0.5) is 0 Å². The molecule has 0 aromatic rings. The molecule has 2 rings (SSSR count). The Morgan fingerprint density at radius 1 is 1.50 bits per heavy atom. The van der Waals surface area contributed by atoms with E-state index in [4.69, 9.17) is 4.74 Å². The van der Waals surface area contributed by atoms with E-state index in [0.29, 0.717) is 17.8 Å². The first-order valence-corrected chi connectivity index (χ1v) is 5.03. The number of hydrogen-bond acceptors (Lipinski definition) is 2. The minimum absolute atomic E-state index is 0.426. The van der Waals surface area contributed by atoms with Crippen molar-refractivity contribution in [2.24, 2.45) is 23.7 Å². The summed E-state index contributed by atoms with van der Waals surface area (Å²) < 4.78 is 5.28. The molecule has 1 N–H and O–H groups in total.